The Morgan fingerprint density at radius 3 is 2.76 bits per heavy atom. The Balaban J connectivity index is 1.61. The molecule has 2 saturated heterocycles. The predicted octanol–water partition coefficient (Wildman–Crippen LogP) is 4.33. The molecule has 0 saturated carbocycles. The molecular formula is C25H26N2O6S. The van der Waals surface area contributed by atoms with Crippen molar-refractivity contribution in [3.8, 4) is 11.5 Å². The molecule has 9 heteroatoms. The number of benzene rings is 2. The molecule has 1 N–H and O–H groups in total. The zero-order valence-electron chi connectivity index (χ0n) is 19.0. The van der Waals surface area contributed by atoms with Crippen molar-refractivity contribution in [2.75, 3.05) is 20.3 Å². The number of para-hydroxylation sites is 1. The van der Waals surface area contributed by atoms with Crippen LogP contribution in [0.2, 0.25) is 0 Å². The maximum absolute atomic E-state index is 13.3. The topological polar surface area (TPSA) is 97.7 Å². The number of ether oxygens (including phenoxy) is 3. The van der Waals surface area contributed by atoms with E-state index in [9.17, 15) is 9.59 Å². The SMILES string of the molecule is COc1cc(/C=C2\SC(=Nc3ccccc3)N(C[C@@H]3CCCO3)C2=O)ccc1O[C@H](C)C(=O)O. The number of amidine groups is 1. The van der Waals surface area contributed by atoms with Gasteiger partial charge in [-0.25, -0.2) is 9.79 Å². The molecule has 0 aromatic heterocycles. The number of nitrogens with zero attached hydrogens (tertiary/aromatic N) is 2. The van der Waals surface area contributed by atoms with E-state index in [1.165, 1.54) is 25.8 Å². The van der Waals surface area contributed by atoms with Crippen LogP contribution in [0.25, 0.3) is 6.08 Å². The predicted molar refractivity (Wildman–Crippen MR) is 131 cm³/mol. The van der Waals surface area contributed by atoms with E-state index in [4.69, 9.17) is 24.3 Å². The minimum absolute atomic E-state index is 0.00220. The van der Waals surface area contributed by atoms with Crippen LogP contribution < -0.4 is 9.47 Å². The van der Waals surface area contributed by atoms with Gasteiger partial charge in [0.25, 0.3) is 5.91 Å². The van der Waals surface area contributed by atoms with E-state index < -0.39 is 12.1 Å². The number of carboxylic acids is 1. The lowest BCUT2D eigenvalue weighted by Gasteiger charge is -2.19. The molecule has 2 aromatic carbocycles. The van der Waals surface area contributed by atoms with Gasteiger partial charge in [-0.15, -0.1) is 0 Å². The van der Waals surface area contributed by atoms with Gasteiger partial charge in [0, 0.05) is 6.61 Å². The smallest absolute Gasteiger partial charge is 0.344 e. The van der Waals surface area contributed by atoms with Crippen molar-refractivity contribution in [3.63, 3.8) is 0 Å². The van der Waals surface area contributed by atoms with Crippen molar-refractivity contribution in [1.82, 2.24) is 4.90 Å². The second-order valence-electron chi connectivity index (χ2n) is 7.90. The number of rotatable bonds is 8. The standard InChI is InChI=1S/C25H26N2O6S/c1-16(24(29)30)33-20-11-10-17(13-21(20)31-2)14-22-23(28)27(15-19-9-6-12-32-19)25(34-22)26-18-7-4-3-5-8-18/h3-5,7-8,10-11,13-14,16,19H,6,9,12,15H2,1-2H3,(H,29,30)/b22-14-,26-25?/t16-,19+/m1/s1. The first-order chi connectivity index (χ1) is 16.4. The van der Waals surface area contributed by atoms with Crippen LogP contribution in [0, 0.1) is 0 Å². The number of carbonyl (C=O) groups excluding carboxylic acids is 1. The molecule has 2 aromatic rings. The monoisotopic (exact) mass is 482 g/mol. The highest BCUT2D eigenvalue weighted by atomic mass is 32.2. The van der Waals surface area contributed by atoms with Crippen molar-refractivity contribution in [3.05, 3.63) is 59.0 Å². The van der Waals surface area contributed by atoms with Crippen LogP contribution in [-0.2, 0) is 14.3 Å². The molecule has 2 aliphatic heterocycles. The summed E-state index contributed by atoms with van der Waals surface area (Å²) in [6.07, 6.45) is 2.66. The average Bonchev–Trinajstić information content (AvgIpc) is 3.45. The lowest BCUT2D eigenvalue weighted by molar-refractivity contribution is -0.144. The number of hydrogen-bond acceptors (Lipinski definition) is 7. The lowest BCUT2D eigenvalue weighted by atomic mass is 10.1. The Hall–Kier alpha value is -3.30. The summed E-state index contributed by atoms with van der Waals surface area (Å²) in [5.74, 6) is -0.504. The molecule has 4 rings (SSSR count). The molecule has 2 atom stereocenters. The second-order valence-corrected chi connectivity index (χ2v) is 8.91. The summed E-state index contributed by atoms with van der Waals surface area (Å²) in [4.78, 5) is 31.4. The van der Waals surface area contributed by atoms with Gasteiger partial charge >= 0.3 is 5.97 Å². The third-order valence-corrected chi connectivity index (χ3v) is 6.42. The van der Waals surface area contributed by atoms with Crippen LogP contribution in [0.1, 0.15) is 25.3 Å². The van der Waals surface area contributed by atoms with E-state index in [0.29, 0.717) is 34.7 Å². The van der Waals surface area contributed by atoms with Crippen LogP contribution in [0.3, 0.4) is 0 Å². The van der Waals surface area contributed by atoms with E-state index in [1.807, 2.05) is 30.3 Å². The number of aliphatic imine (C=N–C) groups is 1. The number of thioether (sulfide) groups is 1. The number of aliphatic carboxylic acids is 1. The van der Waals surface area contributed by atoms with Gasteiger partial charge < -0.3 is 19.3 Å². The molecule has 0 unspecified atom stereocenters. The molecule has 1 amide bonds. The van der Waals surface area contributed by atoms with Crippen molar-refractivity contribution in [1.29, 1.82) is 0 Å². The van der Waals surface area contributed by atoms with Crippen molar-refractivity contribution in [2.45, 2.75) is 32.0 Å². The first-order valence-electron chi connectivity index (χ1n) is 11.0. The summed E-state index contributed by atoms with van der Waals surface area (Å²) in [6, 6.07) is 14.6. The van der Waals surface area contributed by atoms with Crippen LogP contribution in [0.5, 0.6) is 11.5 Å². The van der Waals surface area contributed by atoms with Crippen LogP contribution in [-0.4, -0.2) is 59.5 Å². The average molecular weight is 483 g/mol. The Kier molecular flexibility index (Phi) is 7.54. The maximum Gasteiger partial charge on any atom is 0.344 e. The third-order valence-electron chi connectivity index (χ3n) is 5.42. The largest absolute Gasteiger partial charge is 0.493 e. The van der Waals surface area contributed by atoms with Gasteiger partial charge in [0.15, 0.2) is 22.8 Å². The zero-order chi connectivity index (χ0) is 24.1. The van der Waals surface area contributed by atoms with Crippen LogP contribution in [0.4, 0.5) is 5.69 Å². The quantitative estimate of drug-likeness (QED) is 0.559. The molecule has 2 heterocycles. The van der Waals surface area contributed by atoms with E-state index in [2.05, 4.69) is 0 Å². The summed E-state index contributed by atoms with van der Waals surface area (Å²) in [5, 5.41) is 9.71. The zero-order valence-corrected chi connectivity index (χ0v) is 19.8. The van der Waals surface area contributed by atoms with E-state index in [1.54, 1.807) is 29.2 Å². The number of carbonyl (C=O) groups is 2. The van der Waals surface area contributed by atoms with Gasteiger partial charge in [-0.1, -0.05) is 24.3 Å². The second kappa shape index (κ2) is 10.8. The Bertz CT molecular complexity index is 1110. The Labute approximate surface area is 202 Å². The number of methoxy groups -OCH3 is 1. The molecular weight excluding hydrogens is 456 g/mol. The van der Waals surface area contributed by atoms with Crippen LogP contribution >= 0.6 is 11.8 Å². The highest BCUT2D eigenvalue weighted by Gasteiger charge is 2.36. The van der Waals surface area contributed by atoms with Gasteiger partial charge in [0.05, 0.1) is 30.4 Å². The van der Waals surface area contributed by atoms with Crippen molar-refractivity contribution in [2.24, 2.45) is 4.99 Å². The van der Waals surface area contributed by atoms with Gasteiger partial charge in [-0.05, 0) is 67.4 Å². The molecule has 0 spiro atoms. The molecule has 2 fully saturated rings. The van der Waals surface area contributed by atoms with Crippen molar-refractivity contribution >= 4 is 40.6 Å². The lowest BCUT2D eigenvalue weighted by Crippen LogP contribution is -2.36. The highest BCUT2D eigenvalue weighted by Crippen LogP contribution is 2.36. The summed E-state index contributed by atoms with van der Waals surface area (Å²) >= 11 is 1.31. The van der Waals surface area contributed by atoms with E-state index in [-0.39, 0.29) is 12.0 Å². The Morgan fingerprint density at radius 2 is 2.09 bits per heavy atom. The Morgan fingerprint density at radius 1 is 1.29 bits per heavy atom. The normalized spacial score (nSPS) is 21.3. The van der Waals surface area contributed by atoms with Gasteiger partial charge in [-0.3, -0.25) is 9.69 Å². The minimum atomic E-state index is -1.07. The first kappa shape index (κ1) is 23.8. The molecule has 0 aliphatic carbocycles. The van der Waals surface area contributed by atoms with E-state index >= 15 is 0 Å². The molecule has 178 valence electrons. The molecule has 2 aliphatic rings. The van der Waals surface area contributed by atoms with Gasteiger partial charge in [0.1, 0.15) is 0 Å². The minimum Gasteiger partial charge on any atom is -0.493 e. The number of hydrogen-bond donors (Lipinski definition) is 1. The number of amides is 1. The molecule has 0 radical (unpaired) electrons. The fourth-order valence-corrected chi connectivity index (χ4v) is 4.63. The first-order valence-corrected chi connectivity index (χ1v) is 11.8. The summed E-state index contributed by atoms with van der Waals surface area (Å²) in [5.41, 5.74) is 1.49. The summed E-state index contributed by atoms with van der Waals surface area (Å²) in [7, 11) is 1.48. The molecule has 0 bridgehead atoms. The summed E-state index contributed by atoms with van der Waals surface area (Å²) in [6.45, 7) is 2.61. The summed E-state index contributed by atoms with van der Waals surface area (Å²) < 4.78 is 16.6. The highest BCUT2D eigenvalue weighted by molar-refractivity contribution is 8.18. The fraction of sp³-hybridized carbons (Fsp3) is 0.320. The van der Waals surface area contributed by atoms with E-state index in [0.717, 1.165) is 24.1 Å². The fourth-order valence-electron chi connectivity index (χ4n) is 3.62. The molecule has 8 nitrogen and oxygen atoms in total. The van der Waals surface area contributed by atoms with Gasteiger partial charge in [-0.2, -0.15) is 0 Å². The maximum atomic E-state index is 13.3. The number of carboxylic acid groups (broad SMARTS) is 1. The van der Waals surface area contributed by atoms with Crippen molar-refractivity contribution < 1.29 is 28.9 Å². The third kappa shape index (κ3) is 5.60. The van der Waals surface area contributed by atoms with Gasteiger partial charge in [0.2, 0.25) is 0 Å². The van der Waals surface area contributed by atoms with Crippen LogP contribution in [0.15, 0.2) is 58.4 Å². The molecule has 34 heavy (non-hydrogen) atoms.